The Morgan fingerprint density at radius 1 is 0.969 bits per heavy atom. The number of hydrogen-bond acceptors (Lipinski definition) is 4. The average Bonchev–Trinajstić information content (AvgIpc) is 3.15. The Morgan fingerprint density at radius 3 is 2.19 bits per heavy atom. The average molecular weight is 445 g/mol. The van der Waals surface area contributed by atoms with E-state index in [1.54, 1.807) is 6.07 Å². The van der Waals surface area contributed by atoms with Gasteiger partial charge in [-0.2, -0.15) is 9.78 Å². The summed E-state index contributed by atoms with van der Waals surface area (Å²) >= 11 is 0. The maximum absolute atomic E-state index is 14.8. The number of benzene rings is 2. The predicted octanol–water partition coefficient (Wildman–Crippen LogP) is 3.67. The van der Waals surface area contributed by atoms with Gasteiger partial charge in [-0.3, -0.25) is 4.57 Å². The van der Waals surface area contributed by atoms with Crippen LogP contribution in [0.25, 0.3) is 5.69 Å². The molecule has 2 aromatic carbocycles. The second-order valence-electron chi connectivity index (χ2n) is 8.82. The van der Waals surface area contributed by atoms with Gasteiger partial charge in [-0.25, -0.2) is 18.0 Å². The Morgan fingerprint density at radius 2 is 1.59 bits per heavy atom. The molecule has 32 heavy (non-hydrogen) atoms. The molecule has 10 heteroatoms. The summed E-state index contributed by atoms with van der Waals surface area (Å²) in [6.45, 7) is 7.34. The summed E-state index contributed by atoms with van der Waals surface area (Å²) in [5.41, 5.74) is -1.38. The predicted molar refractivity (Wildman–Crippen MR) is 113 cm³/mol. The van der Waals surface area contributed by atoms with E-state index in [1.807, 2.05) is 27.7 Å². The van der Waals surface area contributed by atoms with Crippen molar-refractivity contribution in [3.8, 4) is 5.69 Å². The molecule has 1 aliphatic heterocycles. The molecule has 1 aliphatic rings. The van der Waals surface area contributed by atoms with Crippen LogP contribution in [0.1, 0.15) is 38.8 Å². The third-order valence-corrected chi connectivity index (χ3v) is 6.09. The molecular formula is C22H23BF3N3O3. The highest BCUT2D eigenvalue weighted by Crippen LogP contribution is 2.37. The van der Waals surface area contributed by atoms with Crippen LogP contribution < -0.4 is 5.69 Å². The summed E-state index contributed by atoms with van der Waals surface area (Å²) in [5, 5.41) is 3.96. The molecule has 0 spiro atoms. The van der Waals surface area contributed by atoms with Gasteiger partial charge in [-0.05, 0) is 57.5 Å². The van der Waals surface area contributed by atoms with Gasteiger partial charge in [0.25, 0.3) is 0 Å². The Labute approximate surface area is 183 Å². The molecule has 6 nitrogen and oxygen atoms in total. The topological polar surface area (TPSA) is 58.3 Å². The van der Waals surface area contributed by atoms with Crippen LogP contribution in [0, 0.1) is 17.5 Å². The number of rotatable bonds is 5. The third kappa shape index (κ3) is 4.00. The van der Waals surface area contributed by atoms with Crippen molar-refractivity contribution in [2.45, 2.75) is 51.8 Å². The zero-order chi connectivity index (χ0) is 23.3. The van der Waals surface area contributed by atoms with Gasteiger partial charge in [0.15, 0.2) is 0 Å². The lowest BCUT2D eigenvalue weighted by Crippen LogP contribution is -2.41. The standard InChI is InChI=1S/C22H23BF3N3O3/c1-21(2)22(3,4)32-23(31-21)11-14-8-9-15(10-19(14)26)29-20(30)28(13-27-29)12-16-17(24)6-5-7-18(16)25/h5-10,13H,11-12H2,1-4H3. The molecule has 0 aliphatic carbocycles. The molecule has 1 saturated heterocycles. The second kappa shape index (κ2) is 7.93. The van der Waals surface area contributed by atoms with Crippen molar-refractivity contribution in [2.24, 2.45) is 0 Å². The highest BCUT2D eigenvalue weighted by atomic mass is 19.1. The molecule has 0 N–H and O–H groups in total. The monoisotopic (exact) mass is 445 g/mol. The van der Waals surface area contributed by atoms with Gasteiger partial charge >= 0.3 is 12.8 Å². The minimum absolute atomic E-state index is 0.193. The SMILES string of the molecule is CC1(C)OB(Cc2ccc(-n3ncn(Cc4c(F)cccc4F)c3=O)cc2F)OC1(C)C. The molecule has 3 aromatic rings. The molecule has 168 valence electrons. The van der Waals surface area contributed by atoms with Gasteiger partial charge in [0.05, 0.1) is 23.4 Å². The van der Waals surface area contributed by atoms with Crippen LogP contribution in [0.15, 0.2) is 47.5 Å². The van der Waals surface area contributed by atoms with Crippen LogP contribution in [0.3, 0.4) is 0 Å². The van der Waals surface area contributed by atoms with Crippen molar-refractivity contribution in [2.75, 3.05) is 0 Å². The molecule has 0 atom stereocenters. The van der Waals surface area contributed by atoms with E-state index >= 15 is 0 Å². The summed E-state index contributed by atoms with van der Waals surface area (Å²) in [5.74, 6) is -2.07. The number of hydrogen-bond donors (Lipinski definition) is 0. The molecule has 0 bridgehead atoms. The molecule has 0 saturated carbocycles. The fourth-order valence-electron chi connectivity index (χ4n) is 3.54. The first-order valence-corrected chi connectivity index (χ1v) is 10.2. The van der Waals surface area contributed by atoms with E-state index in [-0.39, 0.29) is 24.1 Å². The van der Waals surface area contributed by atoms with Crippen LogP contribution >= 0.6 is 0 Å². The smallest absolute Gasteiger partial charge is 0.403 e. The Bertz CT molecular complexity index is 1190. The van der Waals surface area contributed by atoms with E-state index in [1.165, 1.54) is 18.2 Å². The lowest BCUT2D eigenvalue weighted by atomic mass is 9.80. The normalized spacial score (nSPS) is 17.2. The molecule has 4 rings (SSSR count). The van der Waals surface area contributed by atoms with E-state index < -0.39 is 41.5 Å². The Kier molecular flexibility index (Phi) is 5.54. The zero-order valence-corrected chi connectivity index (χ0v) is 18.2. The van der Waals surface area contributed by atoms with Crippen LogP contribution in [0.2, 0.25) is 0 Å². The lowest BCUT2D eigenvalue weighted by molar-refractivity contribution is 0.00578. The summed E-state index contributed by atoms with van der Waals surface area (Å²) in [7, 11) is -0.599. The van der Waals surface area contributed by atoms with Crippen LogP contribution in [-0.4, -0.2) is 32.7 Å². The first-order valence-electron chi connectivity index (χ1n) is 10.2. The van der Waals surface area contributed by atoms with Gasteiger partial charge in [-0.1, -0.05) is 12.1 Å². The molecule has 1 aromatic heterocycles. The maximum Gasteiger partial charge on any atom is 0.462 e. The van der Waals surface area contributed by atoms with Crippen molar-refractivity contribution in [3.05, 3.63) is 81.8 Å². The van der Waals surface area contributed by atoms with Gasteiger partial charge in [0.2, 0.25) is 0 Å². The van der Waals surface area contributed by atoms with Crippen molar-refractivity contribution < 1.29 is 22.5 Å². The Balaban J connectivity index is 1.55. The lowest BCUT2D eigenvalue weighted by Gasteiger charge is -2.32. The Hall–Kier alpha value is -2.85. The van der Waals surface area contributed by atoms with Gasteiger partial charge in [-0.15, -0.1) is 0 Å². The minimum Gasteiger partial charge on any atom is -0.403 e. The number of halogens is 3. The summed E-state index contributed by atoms with van der Waals surface area (Å²) < 4.78 is 56.5. The van der Waals surface area contributed by atoms with E-state index in [2.05, 4.69) is 5.10 Å². The van der Waals surface area contributed by atoms with Crippen LogP contribution in [-0.2, 0) is 22.2 Å². The fraction of sp³-hybridized carbons (Fsp3) is 0.364. The van der Waals surface area contributed by atoms with Gasteiger partial charge < -0.3 is 9.31 Å². The van der Waals surface area contributed by atoms with Crippen molar-refractivity contribution in [1.82, 2.24) is 14.3 Å². The quantitative estimate of drug-likeness (QED) is 0.563. The molecule has 2 heterocycles. The molecule has 0 amide bonds. The summed E-state index contributed by atoms with van der Waals surface area (Å²) in [6, 6.07) is 7.74. The maximum atomic E-state index is 14.8. The van der Waals surface area contributed by atoms with Gasteiger partial charge in [0, 0.05) is 11.9 Å². The van der Waals surface area contributed by atoms with Crippen LogP contribution in [0.4, 0.5) is 13.2 Å². The number of aromatic nitrogens is 3. The second-order valence-corrected chi connectivity index (χ2v) is 8.82. The third-order valence-electron chi connectivity index (χ3n) is 6.09. The van der Waals surface area contributed by atoms with Gasteiger partial charge in [0.1, 0.15) is 23.8 Å². The zero-order valence-electron chi connectivity index (χ0n) is 18.2. The molecule has 0 unspecified atom stereocenters. The van der Waals surface area contributed by atoms with E-state index in [4.69, 9.17) is 9.31 Å². The molecule has 1 fully saturated rings. The summed E-state index contributed by atoms with van der Waals surface area (Å²) in [6.07, 6.45) is 1.36. The summed E-state index contributed by atoms with van der Waals surface area (Å²) in [4.78, 5) is 12.7. The van der Waals surface area contributed by atoms with E-state index in [0.29, 0.717) is 5.56 Å². The first-order chi connectivity index (χ1) is 15.0. The molecular weight excluding hydrogens is 422 g/mol. The van der Waals surface area contributed by atoms with E-state index in [0.717, 1.165) is 27.7 Å². The molecule has 0 radical (unpaired) electrons. The fourth-order valence-corrected chi connectivity index (χ4v) is 3.54. The largest absolute Gasteiger partial charge is 0.462 e. The van der Waals surface area contributed by atoms with Crippen molar-refractivity contribution >= 4 is 7.12 Å². The van der Waals surface area contributed by atoms with E-state index in [9.17, 15) is 18.0 Å². The highest BCUT2D eigenvalue weighted by Gasteiger charge is 2.50. The highest BCUT2D eigenvalue weighted by molar-refractivity contribution is 6.45. The number of nitrogens with zero attached hydrogens (tertiary/aromatic N) is 3. The first kappa shape index (κ1) is 22.4. The van der Waals surface area contributed by atoms with Crippen molar-refractivity contribution in [3.63, 3.8) is 0 Å². The van der Waals surface area contributed by atoms with Crippen molar-refractivity contribution in [1.29, 1.82) is 0 Å². The van der Waals surface area contributed by atoms with Crippen LogP contribution in [0.5, 0.6) is 0 Å². The minimum atomic E-state index is -0.761.